The summed E-state index contributed by atoms with van der Waals surface area (Å²) in [5.74, 6) is 1.60. The maximum atomic E-state index is 14.6. The van der Waals surface area contributed by atoms with Gasteiger partial charge in [-0.15, -0.1) is 0 Å². The molecule has 1 amide bonds. The third kappa shape index (κ3) is 6.79. The molecular formula is C51H48N4O3. The molecule has 8 rings (SSSR count). The zero-order valence-corrected chi connectivity index (χ0v) is 34.0. The van der Waals surface area contributed by atoms with Crippen molar-refractivity contribution in [1.82, 2.24) is 9.47 Å². The van der Waals surface area contributed by atoms with E-state index in [0.29, 0.717) is 18.7 Å². The van der Waals surface area contributed by atoms with E-state index in [1.54, 1.807) is 14.2 Å². The Hall–Kier alpha value is -6.99. The number of rotatable bonds is 12. The number of hydrogen-bond donors (Lipinski definition) is 0. The van der Waals surface area contributed by atoms with Crippen molar-refractivity contribution in [1.29, 1.82) is 0 Å². The van der Waals surface area contributed by atoms with Crippen molar-refractivity contribution in [2.24, 2.45) is 0 Å². The molecule has 1 aliphatic rings. The van der Waals surface area contributed by atoms with Crippen molar-refractivity contribution >= 4 is 52.3 Å². The lowest BCUT2D eigenvalue weighted by Gasteiger charge is -2.26. The maximum absolute atomic E-state index is 14.6. The van der Waals surface area contributed by atoms with Gasteiger partial charge in [0.05, 0.1) is 31.2 Å². The molecule has 0 saturated carbocycles. The van der Waals surface area contributed by atoms with Crippen LogP contribution in [0.3, 0.4) is 0 Å². The predicted molar refractivity (Wildman–Crippen MR) is 238 cm³/mol. The zero-order chi connectivity index (χ0) is 40.5. The predicted octanol–water partition coefficient (Wildman–Crippen LogP) is 10.8. The van der Waals surface area contributed by atoms with Gasteiger partial charge in [0, 0.05) is 57.8 Å². The second-order valence-corrected chi connectivity index (χ2v) is 14.5. The van der Waals surface area contributed by atoms with Gasteiger partial charge in [0.2, 0.25) is 0 Å². The molecule has 0 unspecified atom stereocenters. The molecule has 6 aromatic carbocycles. The topological polar surface area (TPSA) is 50.2 Å². The van der Waals surface area contributed by atoms with E-state index >= 15 is 0 Å². The summed E-state index contributed by atoms with van der Waals surface area (Å²) in [7, 11) is 3.36. The van der Waals surface area contributed by atoms with E-state index in [0.717, 1.165) is 78.7 Å². The molecule has 0 radical (unpaired) electrons. The van der Waals surface area contributed by atoms with Crippen molar-refractivity contribution in [3.63, 3.8) is 0 Å². The van der Waals surface area contributed by atoms with Crippen LogP contribution in [0.2, 0.25) is 0 Å². The van der Waals surface area contributed by atoms with Crippen molar-refractivity contribution < 1.29 is 14.3 Å². The average Bonchev–Trinajstić information content (AvgIpc) is 3.72. The molecule has 0 saturated heterocycles. The molecule has 7 nitrogen and oxygen atoms in total. The second kappa shape index (κ2) is 15.9. The Bertz CT molecular complexity index is 2680. The third-order valence-corrected chi connectivity index (χ3v) is 11.0. The number of carbonyl (C=O) groups excluding carboxylic acids is 1. The van der Waals surface area contributed by atoms with Gasteiger partial charge in [-0.3, -0.25) is 4.79 Å². The average molecular weight is 765 g/mol. The highest BCUT2D eigenvalue weighted by atomic mass is 16.5. The van der Waals surface area contributed by atoms with Crippen LogP contribution in [-0.2, 0) is 6.54 Å². The first kappa shape index (κ1) is 37.9. The number of benzene rings is 6. The molecule has 58 heavy (non-hydrogen) atoms. The molecule has 7 aromatic rings. The fourth-order valence-corrected chi connectivity index (χ4v) is 8.03. The Morgan fingerprint density at radius 1 is 0.517 bits per heavy atom. The van der Waals surface area contributed by atoms with E-state index in [4.69, 9.17) is 9.47 Å². The minimum Gasteiger partial charge on any atom is -0.497 e. The van der Waals surface area contributed by atoms with Crippen LogP contribution in [0.25, 0.3) is 23.5 Å². The van der Waals surface area contributed by atoms with Gasteiger partial charge < -0.3 is 28.7 Å². The van der Waals surface area contributed by atoms with Gasteiger partial charge >= 0.3 is 0 Å². The first-order chi connectivity index (χ1) is 28.2. The van der Waals surface area contributed by atoms with Gasteiger partial charge in [-0.25, -0.2) is 0 Å². The van der Waals surface area contributed by atoms with E-state index in [2.05, 4.69) is 163 Å². The van der Waals surface area contributed by atoms with Crippen LogP contribution >= 0.6 is 0 Å². The van der Waals surface area contributed by atoms with Gasteiger partial charge in [-0.2, -0.15) is 0 Å². The molecule has 2 heterocycles. The molecule has 1 aromatic heterocycles. The van der Waals surface area contributed by atoms with E-state index in [9.17, 15) is 4.79 Å². The molecule has 0 atom stereocenters. The number of fused-ring (bicyclic) bond motifs is 1. The van der Waals surface area contributed by atoms with Gasteiger partial charge in [-0.05, 0) is 136 Å². The van der Waals surface area contributed by atoms with Gasteiger partial charge in [0.25, 0.3) is 5.91 Å². The van der Waals surface area contributed by atoms with Crippen LogP contribution < -0.4 is 29.8 Å². The number of ether oxygens (including phenoxy) is 2. The number of aromatic nitrogens is 1. The van der Waals surface area contributed by atoms with Crippen molar-refractivity contribution in [3.05, 3.63) is 178 Å². The molecule has 0 fully saturated rings. The van der Waals surface area contributed by atoms with Crippen LogP contribution in [0.1, 0.15) is 40.9 Å². The van der Waals surface area contributed by atoms with Crippen LogP contribution in [0.15, 0.2) is 146 Å². The monoisotopic (exact) mass is 764 g/mol. The summed E-state index contributed by atoms with van der Waals surface area (Å²) in [6.07, 6.45) is 0. The standard InChI is InChI=1S/C51H48N4O3/c1-8-52-36(5)47-48(50(52)38-16-24-42(25-17-38)55(40-20-12-35(4)13-21-40)44-28-32-46(58-7)33-29-44)51(56)53(9-2)49(47)37-14-22-41(23-15-37)54(39-18-10-34(3)11-19-39)43-26-30-45(57-6)31-27-43/h10-33H,5,8-9H2,1-4,6-7H3. The maximum Gasteiger partial charge on any atom is 0.261 e. The van der Waals surface area contributed by atoms with E-state index in [1.807, 2.05) is 36.1 Å². The van der Waals surface area contributed by atoms with Gasteiger partial charge in [0.1, 0.15) is 11.5 Å². The first-order valence-corrected chi connectivity index (χ1v) is 19.7. The number of carbonyl (C=O) groups is 1. The molecule has 0 spiro atoms. The van der Waals surface area contributed by atoms with Crippen LogP contribution in [0.4, 0.5) is 34.1 Å². The van der Waals surface area contributed by atoms with Crippen molar-refractivity contribution in [2.45, 2.75) is 34.2 Å². The fraction of sp³-hybridized carbons (Fsp3) is 0.157. The lowest BCUT2D eigenvalue weighted by Crippen LogP contribution is -2.32. The Balaban J connectivity index is 1.22. The highest BCUT2D eigenvalue weighted by Gasteiger charge is 2.35. The molecule has 0 bridgehead atoms. The molecule has 0 N–H and O–H groups in total. The lowest BCUT2D eigenvalue weighted by molar-refractivity contribution is 0.0852. The Labute approximate surface area is 340 Å². The van der Waals surface area contributed by atoms with Gasteiger partial charge in [-0.1, -0.05) is 66.2 Å². The number of nitrogens with zero attached hydrogens (tertiary/aromatic N) is 4. The molecule has 0 aliphatic carbocycles. The summed E-state index contributed by atoms with van der Waals surface area (Å²) >= 11 is 0. The summed E-state index contributed by atoms with van der Waals surface area (Å²) in [4.78, 5) is 20.9. The van der Waals surface area contributed by atoms with Crippen LogP contribution in [-0.4, -0.2) is 36.1 Å². The normalized spacial score (nSPS) is 12.1. The van der Waals surface area contributed by atoms with E-state index < -0.39 is 0 Å². The molecule has 7 heteroatoms. The SMILES string of the molecule is C=c1c2c(c(-c3ccc(N(c4ccc(C)cc4)c4ccc(OC)cc4)cc3)n1CC)C(=O)N(CC)C=2c1ccc(N(c2ccc(C)cc2)c2ccc(OC)cc2)cc1. The smallest absolute Gasteiger partial charge is 0.261 e. The number of anilines is 6. The number of methoxy groups -OCH3 is 2. The van der Waals surface area contributed by atoms with Crippen LogP contribution in [0, 0.1) is 13.8 Å². The molecule has 290 valence electrons. The third-order valence-electron chi connectivity index (χ3n) is 11.0. The largest absolute Gasteiger partial charge is 0.497 e. The van der Waals surface area contributed by atoms with Crippen LogP contribution in [0.5, 0.6) is 11.5 Å². The quantitative estimate of drug-likeness (QED) is 0.124. The Morgan fingerprint density at radius 2 is 0.879 bits per heavy atom. The van der Waals surface area contributed by atoms with Gasteiger partial charge in [0.15, 0.2) is 0 Å². The minimum absolute atomic E-state index is 0.00761. The summed E-state index contributed by atoms with van der Waals surface area (Å²) in [5.41, 5.74) is 12.9. The number of aryl methyl sites for hydroxylation is 2. The number of hydrogen-bond acceptors (Lipinski definition) is 5. The van der Waals surface area contributed by atoms with E-state index in [1.165, 1.54) is 11.1 Å². The summed E-state index contributed by atoms with van der Waals surface area (Å²) in [5, 5.41) is 1.73. The Kier molecular flexibility index (Phi) is 10.4. The van der Waals surface area contributed by atoms with E-state index in [-0.39, 0.29) is 5.91 Å². The summed E-state index contributed by atoms with van der Waals surface area (Å²) in [6, 6.07) is 50.2. The van der Waals surface area contributed by atoms with Crippen molar-refractivity contribution in [2.75, 3.05) is 30.6 Å². The highest BCUT2D eigenvalue weighted by molar-refractivity contribution is 6.09. The van der Waals surface area contributed by atoms with Crippen molar-refractivity contribution in [3.8, 4) is 22.8 Å². The molecule has 1 aliphatic heterocycles. The lowest BCUT2D eigenvalue weighted by atomic mass is 10.0. The summed E-state index contributed by atoms with van der Waals surface area (Å²) in [6.45, 7) is 14.1. The highest BCUT2D eigenvalue weighted by Crippen LogP contribution is 2.39. The second-order valence-electron chi connectivity index (χ2n) is 14.5. The minimum atomic E-state index is -0.00761. The fourth-order valence-electron chi connectivity index (χ4n) is 8.03. The zero-order valence-electron chi connectivity index (χ0n) is 34.0. The summed E-state index contributed by atoms with van der Waals surface area (Å²) < 4.78 is 13.1. The number of amides is 1. The Morgan fingerprint density at radius 3 is 1.24 bits per heavy atom. The molecular weight excluding hydrogens is 717 g/mol. The first-order valence-electron chi connectivity index (χ1n) is 19.7.